The fourth-order valence-electron chi connectivity index (χ4n) is 11.0. The standard InChI is InChI=1S/C68H46N2/c69-60-41-40-55-59-42-58(51-32-24-47(25-33-51)43-14-5-1-6-15-43)61(52-34-26-48(27-35-52)44-16-7-2-8-17-44)67-66(59)65(57-23-13-22-56(60)64(55)57)62(53-36-28-49(29-37-53)45-18-9-3-10-19-45)63(68(67)70)54-38-30-50(31-39-54)46-20-11-4-12-21-46/h1-42H,69-70H2. The highest BCUT2D eigenvalue weighted by Gasteiger charge is 2.28. The maximum atomic E-state index is 8.10. The molecule has 2 heteroatoms. The topological polar surface area (TPSA) is 52.0 Å². The first-order valence-electron chi connectivity index (χ1n) is 24.0. The van der Waals surface area contributed by atoms with Gasteiger partial charge in [0.15, 0.2) is 0 Å². The van der Waals surface area contributed by atoms with Crippen molar-refractivity contribution in [3.63, 3.8) is 0 Å². The van der Waals surface area contributed by atoms with Gasteiger partial charge in [-0.1, -0.05) is 243 Å². The van der Waals surface area contributed by atoms with Crippen molar-refractivity contribution >= 4 is 54.5 Å². The van der Waals surface area contributed by atoms with Gasteiger partial charge in [-0.05, 0) is 117 Å². The maximum Gasteiger partial charge on any atom is 0.0486 e. The summed E-state index contributed by atoms with van der Waals surface area (Å²) in [6.45, 7) is 0. The predicted molar refractivity (Wildman–Crippen MR) is 300 cm³/mol. The summed E-state index contributed by atoms with van der Waals surface area (Å²) in [6.07, 6.45) is 0. The first-order chi connectivity index (χ1) is 34.6. The van der Waals surface area contributed by atoms with E-state index in [2.05, 4.69) is 255 Å². The van der Waals surface area contributed by atoms with Crippen molar-refractivity contribution in [1.82, 2.24) is 0 Å². The van der Waals surface area contributed by atoms with E-state index in [1.54, 1.807) is 0 Å². The number of fused-ring (bicyclic) bond motifs is 2. The van der Waals surface area contributed by atoms with Crippen LogP contribution in [0.3, 0.4) is 0 Å². The molecule has 13 aromatic rings. The molecular weight excluding hydrogens is 845 g/mol. The first-order valence-corrected chi connectivity index (χ1v) is 24.0. The van der Waals surface area contributed by atoms with E-state index in [4.69, 9.17) is 11.5 Å². The molecule has 4 N–H and O–H groups in total. The molecule has 0 amide bonds. The van der Waals surface area contributed by atoms with Gasteiger partial charge in [0, 0.05) is 38.7 Å². The zero-order valence-electron chi connectivity index (χ0n) is 38.4. The van der Waals surface area contributed by atoms with Gasteiger partial charge in [0.2, 0.25) is 0 Å². The van der Waals surface area contributed by atoms with Gasteiger partial charge < -0.3 is 11.5 Å². The first kappa shape index (κ1) is 41.0. The fourth-order valence-corrected chi connectivity index (χ4v) is 11.0. The number of hydrogen-bond acceptors (Lipinski definition) is 2. The lowest BCUT2D eigenvalue weighted by atomic mass is 9.77. The number of benzene rings is 13. The predicted octanol–water partition coefficient (Wildman–Crippen LogP) is 18.2. The van der Waals surface area contributed by atoms with E-state index < -0.39 is 0 Å². The number of anilines is 2. The molecule has 0 spiro atoms. The molecule has 0 aliphatic rings. The summed E-state index contributed by atoms with van der Waals surface area (Å²) < 4.78 is 0. The Bertz CT molecular complexity index is 4030. The highest BCUT2D eigenvalue weighted by atomic mass is 14.6. The van der Waals surface area contributed by atoms with Gasteiger partial charge in [-0.15, -0.1) is 0 Å². The quantitative estimate of drug-likeness (QED) is 0.0907. The van der Waals surface area contributed by atoms with Crippen molar-refractivity contribution in [3.8, 4) is 89.0 Å². The second-order valence-electron chi connectivity index (χ2n) is 18.3. The minimum Gasteiger partial charge on any atom is -0.398 e. The van der Waals surface area contributed by atoms with Crippen molar-refractivity contribution < 1.29 is 0 Å². The lowest BCUT2D eigenvalue weighted by Gasteiger charge is -2.27. The smallest absolute Gasteiger partial charge is 0.0486 e. The third-order valence-electron chi connectivity index (χ3n) is 14.4. The van der Waals surface area contributed by atoms with Gasteiger partial charge in [0.05, 0.1) is 0 Å². The highest BCUT2D eigenvalue weighted by Crippen LogP contribution is 2.56. The molecule has 13 aromatic carbocycles. The van der Waals surface area contributed by atoms with Gasteiger partial charge in [-0.25, -0.2) is 0 Å². The number of rotatable bonds is 8. The Morgan fingerprint density at radius 1 is 0.200 bits per heavy atom. The zero-order chi connectivity index (χ0) is 46.7. The van der Waals surface area contributed by atoms with E-state index in [1.165, 1.54) is 27.8 Å². The van der Waals surface area contributed by atoms with E-state index in [0.717, 1.165) is 116 Å². The van der Waals surface area contributed by atoms with Gasteiger partial charge in [-0.3, -0.25) is 0 Å². The van der Waals surface area contributed by atoms with Gasteiger partial charge in [-0.2, -0.15) is 0 Å². The highest BCUT2D eigenvalue weighted by molar-refractivity contribution is 6.41. The molecular formula is C68H46N2. The van der Waals surface area contributed by atoms with E-state index >= 15 is 0 Å². The zero-order valence-corrected chi connectivity index (χ0v) is 38.4. The third-order valence-corrected chi connectivity index (χ3v) is 14.4. The number of nitrogen functional groups attached to an aromatic ring is 2. The van der Waals surface area contributed by atoms with E-state index in [9.17, 15) is 0 Å². The minimum atomic E-state index is 0.741. The van der Waals surface area contributed by atoms with Crippen LogP contribution in [0.25, 0.3) is 132 Å². The molecule has 0 atom stereocenters. The summed E-state index contributed by atoms with van der Waals surface area (Å²) in [5.41, 5.74) is 34.5. The summed E-state index contributed by atoms with van der Waals surface area (Å²) in [7, 11) is 0. The van der Waals surface area contributed by atoms with Crippen LogP contribution >= 0.6 is 0 Å². The fraction of sp³-hybridized carbons (Fsp3) is 0. The van der Waals surface area contributed by atoms with Crippen molar-refractivity contribution in [2.75, 3.05) is 11.5 Å². The monoisotopic (exact) mass is 890 g/mol. The molecule has 0 aromatic heterocycles. The third kappa shape index (κ3) is 6.80. The molecule has 0 saturated heterocycles. The molecule has 0 unspecified atom stereocenters. The van der Waals surface area contributed by atoms with Crippen molar-refractivity contribution in [3.05, 3.63) is 255 Å². The molecule has 0 heterocycles. The molecule has 2 nitrogen and oxygen atoms in total. The van der Waals surface area contributed by atoms with E-state index in [1.807, 2.05) is 0 Å². The summed E-state index contributed by atoms with van der Waals surface area (Å²) in [5, 5.41) is 8.96. The van der Waals surface area contributed by atoms with Crippen LogP contribution < -0.4 is 11.5 Å². The normalized spacial score (nSPS) is 11.5. The van der Waals surface area contributed by atoms with Crippen LogP contribution in [-0.4, -0.2) is 0 Å². The number of hydrogen-bond donors (Lipinski definition) is 2. The van der Waals surface area contributed by atoms with Crippen LogP contribution in [0, 0.1) is 0 Å². The van der Waals surface area contributed by atoms with Crippen molar-refractivity contribution in [2.24, 2.45) is 0 Å². The SMILES string of the molecule is Nc1ccc2c3cc(-c4ccc(-c5ccccc5)cc4)c(-c4ccc(-c5ccccc5)cc4)c4c(N)c(-c5ccc(-c6ccccc6)cc5)c(-c5ccc(-c6ccccc6)cc5)c(c5cccc1c25)c43. The molecule has 13 rings (SSSR count). The summed E-state index contributed by atoms with van der Waals surface area (Å²) >= 11 is 0. The van der Waals surface area contributed by atoms with Gasteiger partial charge in [0.25, 0.3) is 0 Å². The second-order valence-corrected chi connectivity index (χ2v) is 18.3. The summed E-state index contributed by atoms with van der Waals surface area (Å²) in [6, 6.07) is 91.8. The summed E-state index contributed by atoms with van der Waals surface area (Å²) in [4.78, 5) is 0. The number of nitrogens with two attached hydrogens (primary N) is 2. The lowest BCUT2D eigenvalue weighted by molar-refractivity contribution is 1.57. The molecule has 0 saturated carbocycles. The Kier molecular flexibility index (Phi) is 9.85. The molecule has 0 aliphatic carbocycles. The Morgan fingerprint density at radius 3 is 1.03 bits per heavy atom. The molecule has 0 radical (unpaired) electrons. The molecule has 70 heavy (non-hydrogen) atoms. The minimum absolute atomic E-state index is 0.741. The van der Waals surface area contributed by atoms with Crippen LogP contribution in [0.15, 0.2) is 255 Å². The van der Waals surface area contributed by atoms with E-state index in [-0.39, 0.29) is 0 Å². The van der Waals surface area contributed by atoms with Crippen molar-refractivity contribution in [2.45, 2.75) is 0 Å². The maximum absolute atomic E-state index is 8.10. The Hall–Kier alpha value is -9.24. The van der Waals surface area contributed by atoms with Crippen LogP contribution in [0.2, 0.25) is 0 Å². The van der Waals surface area contributed by atoms with Gasteiger partial charge in [0.1, 0.15) is 0 Å². The summed E-state index contributed by atoms with van der Waals surface area (Å²) in [5.74, 6) is 0. The largest absolute Gasteiger partial charge is 0.398 e. The van der Waals surface area contributed by atoms with Crippen molar-refractivity contribution in [1.29, 1.82) is 0 Å². The Balaban J connectivity index is 1.19. The Labute approximate surface area is 407 Å². The average molecular weight is 891 g/mol. The second kappa shape index (κ2) is 16.8. The average Bonchev–Trinajstić information content (AvgIpc) is 3.44. The van der Waals surface area contributed by atoms with Crippen LogP contribution in [0.5, 0.6) is 0 Å². The Morgan fingerprint density at radius 2 is 0.571 bits per heavy atom. The lowest BCUT2D eigenvalue weighted by Crippen LogP contribution is -2.02. The van der Waals surface area contributed by atoms with Crippen LogP contribution in [0.4, 0.5) is 11.4 Å². The molecule has 328 valence electrons. The van der Waals surface area contributed by atoms with E-state index in [0.29, 0.717) is 0 Å². The molecule has 0 fully saturated rings. The molecule has 0 aliphatic heterocycles. The van der Waals surface area contributed by atoms with Crippen LogP contribution in [0.1, 0.15) is 0 Å². The van der Waals surface area contributed by atoms with Crippen LogP contribution in [-0.2, 0) is 0 Å². The van der Waals surface area contributed by atoms with Gasteiger partial charge >= 0.3 is 0 Å². The molecule has 0 bridgehead atoms.